The van der Waals surface area contributed by atoms with Gasteiger partial charge in [-0.2, -0.15) is 0 Å². The number of aromatic nitrogens is 2. The topological polar surface area (TPSA) is 53.3 Å². The summed E-state index contributed by atoms with van der Waals surface area (Å²) >= 11 is 11.9. The van der Waals surface area contributed by atoms with Crippen LogP contribution in [-0.2, 0) is 0 Å². The fraction of sp³-hybridized carbons (Fsp3) is 0.238. The zero-order valence-corrected chi connectivity index (χ0v) is 17.2. The van der Waals surface area contributed by atoms with E-state index in [9.17, 15) is 5.11 Å². The maximum Gasteiger partial charge on any atom is 0.174 e. The first-order chi connectivity index (χ1) is 13.5. The molecule has 0 saturated carbocycles. The number of anilines is 1. The number of hydrogen-bond acceptors (Lipinski definition) is 3. The molecule has 1 aliphatic heterocycles. The number of phenols is 1. The third-order valence-corrected chi connectivity index (χ3v) is 5.52. The number of benzene rings is 1. The Morgan fingerprint density at radius 2 is 2.00 bits per heavy atom. The smallest absolute Gasteiger partial charge is 0.174 e. The maximum absolute atomic E-state index is 10.6. The van der Waals surface area contributed by atoms with Crippen molar-refractivity contribution in [1.82, 2.24) is 14.9 Å². The molecule has 2 atom stereocenters. The Morgan fingerprint density at radius 3 is 2.71 bits per heavy atom. The number of nitrogens with zero attached hydrogens (tertiary/aromatic N) is 3. The average Bonchev–Trinajstić information content (AvgIpc) is 3.29. The summed E-state index contributed by atoms with van der Waals surface area (Å²) in [6.45, 7) is 4.28. The van der Waals surface area contributed by atoms with Crippen LogP contribution in [-0.4, -0.2) is 19.8 Å². The number of pyridine rings is 1. The van der Waals surface area contributed by atoms with Gasteiger partial charge in [-0.25, -0.2) is 0 Å². The second-order valence-corrected chi connectivity index (χ2v) is 7.89. The second-order valence-electron chi connectivity index (χ2n) is 7.06. The fourth-order valence-electron chi connectivity index (χ4n) is 3.73. The second kappa shape index (κ2) is 7.45. The van der Waals surface area contributed by atoms with E-state index in [1.807, 2.05) is 29.2 Å². The molecule has 1 aliphatic rings. The molecule has 0 bridgehead atoms. The van der Waals surface area contributed by atoms with Crippen molar-refractivity contribution in [2.75, 3.05) is 4.90 Å². The van der Waals surface area contributed by atoms with Gasteiger partial charge in [-0.1, -0.05) is 17.7 Å². The molecule has 2 aromatic heterocycles. The molecule has 28 heavy (non-hydrogen) atoms. The van der Waals surface area contributed by atoms with E-state index >= 15 is 0 Å². The molecule has 1 saturated heterocycles. The number of rotatable bonds is 4. The Kier molecular flexibility index (Phi) is 5.00. The molecule has 1 aromatic carbocycles. The average molecular weight is 413 g/mol. The number of nitrogens with one attached hydrogen (secondary N) is 1. The molecule has 0 amide bonds. The summed E-state index contributed by atoms with van der Waals surface area (Å²) in [4.78, 5) is 6.49. The Hall–Kier alpha value is -2.57. The van der Waals surface area contributed by atoms with Crippen LogP contribution in [0.25, 0.3) is 0 Å². The van der Waals surface area contributed by atoms with Crippen molar-refractivity contribution in [3.05, 3.63) is 77.3 Å². The summed E-state index contributed by atoms with van der Waals surface area (Å²) in [6.07, 6.45) is 3.84. The molecule has 1 fully saturated rings. The molecule has 0 spiro atoms. The zero-order chi connectivity index (χ0) is 19.8. The lowest BCUT2D eigenvalue weighted by Gasteiger charge is -2.30. The molecule has 0 unspecified atom stereocenters. The van der Waals surface area contributed by atoms with Gasteiger partial charge in [-0.3, -0.25) is 4.98 Å². The molecule has 3 heterocycles. The summed E-state index contributed by atoms with van der Waals surface area (Å²) < 4.78 is 2.21. The van der Waals surface area contributed by atoms with Gasteiger partial charge in [0.2, 0.25) is 0 Å². The van der Waals surface area contributed by atoms with Gasteiger partial charge in [-0.05, 0) is 68.5 Å². The highest BCUT2D eigenvalue weighted by Crippen LogP contribution is 2.45. The van der Waals surface area contributed by atoms with Gasteiger partial charge < -0.3 is 19.9 Å². The van der Waals surface area contributed by atoms with Crippen molar-refractivity contribution in [2.45, 2.75) is 32.0 Å². The summed E-state index contributed by atoms with van der Waals surface area (Å²) in [7, 11) is 0. The van der Waals surface area contributed by atoms with E-state index in [0.29, 0.717) is 15.8 Å². The lowest BCUT2D eigenvalue weighted by Crippen LogP contribution is -2.30. The van der Waals surface area contributed by atoms with E-state index in [-0.39, 0.29) is 23.9 Å². The lowest BCUT2D eigenvalue weighted by molar-refractivity contribution is 0.467. The quantitative estimate of drug-likeness (QED) is 0.590. The Bertz CT molecular complexity index is 1000. The SMILES string of the molecule is CC(C)n1cccc1[C@@H]1[C@@H](c2ccccn2)NC(=S)N1c1cc(Cl)ccc1O. The number of thiocarbonyl (C=S) groups is 1. The largest absolute Gasteiger partial charge is 0.506 e. The summed E-state index contributed by atoms with van der Waals surface area (Å²) in [5.41, 5.74) is 2.54. The maximum atomic E-state index is 10.6. The predicted molar refractivity (Wildman–Crippen MR) is 116 cm³/mol. The number of halogens is 1. The van der Waals surface area contributed by atoms with Crippen LogP contribution in [0.5, 0.6) is 5.75 Å². The number of hydrogen-bond donors (Lipinski definition) is 2. The van der Waals surface area contributed by atoms with E-state index < -0.39 is 0 Å². The lowest BCUT2D eigenvalue weighted by atomic mass is 10.0. The standard InChI is InChI=1S/C21H21ClN4OS/c1-13(2)25-11-5-7-16(25)20-19(15-6-3-4-10-23-15)24-21(28)26(20)17-12-14(22)8-9-18(17)27/h3-13,19-20,27H,1-2H3,(H,24,28)/t19-,20-/m1/s1. The first kappa shape index (κ1) is 18.8. The van der Waals surface area contributed by atoms with Gasteiger partial charge in [-0.15, -0.1) is 0 Å². The van der Waals surface area contributed by atoms with E-state index in [2.05, 4.69) is 41.0 Å². The molecular formula is C21H21ClN4OS. The van der Waals surface area contributed by atoms with Crippen LogP contribution in [0.4, 0.5) is 5.69 Å². The Labute approximate surface area is 174 Å². The van der Waals surface area contributed by atoms with Crippen LogP contribution >= 0.6 is 23.8 Å². The van der Waals surface area contributed by atoms with Gasteiger partial charge in [0.25, 0.3) is 0 Å². The molecule has 0 aliphatic carbocycles. The minimum absolute atomic E-state index is 0.128. The van der Waals surface area contributed by atoms with Crippen molar-refractivity contribution in [2.24, 2.45) is 0 Å². The summed E-state index contributed by atoms with van der Waals surface area (Å²) in [5.74, 6) is 0.128. The highest BCUT2D eigenvalue weighted by Gasteiger charge is 2.43. The highest BCUT2D eigenvalue weighted by atomic mass is 35.5. The third kappa shape index (κ3) is 3.23. The van der Waals surface area contributed by atoms with Gasteiger partial charge in [0.15, 0.2) is 5.11 Å². The monoisotopic (exact) mass is 412 g/mol. The van der Waals surface area contributed by atoms with E-state index in [1.54, 1.807) is 24.4 Å². The molecule has 144 valence electrons. The van der Waals surface area contributed by atoms with E-state index in [0.717, 1.165) is 11.4 Å². The zero-order valence-electron chi connectivity index (χ0n) is 15.6. The summed E-state index contributed by atoms with van der Waals surface area (Å²) in [6, 6.07) is 14.9. The van der Waals surface area contributed by atoms with Gasteiger partial charge in [0.05, 0.1) is 17.4 Å². The predicted octanol–water partition coefficient (Wildman–Crippen LogP) is 5.00. The van der Waals surface area contributed by atoms with Crippen LogP contribution in [0.15, 0.2) is 60.9 Å². The van der Waals surface area contributed by atoms with Crippen LogP contribution < -0.4 is 10.2 Å². The van der Waals surface area contributed by atoms with Crippen molar-refractivity contribution >= 4 is 34.6 Å². The van der Waals surface area contributed by atoms with E-state index in [1.165, 1.54) is 0 Å². The van der Waals surface area contributed by atoms with Crippen molar-refractivity contribution < 1.29 is 5.11 Å². The summed E-state index contributed by atoms with van der Waals surface area (Å²) in [5, 5.41) is 15.0. The number of phenolic OH excluding ortho intramolecular Hbond substituents is 1. The van der Waals surface area contributed by atoms with Crippen LogP contribution in [0, 0.1) is 0 Å². The molecule has 7 heteroatoms. The van der Waals surface area contributed by atoms with Gasteiger partial charge in [0.1, 0.15) is 11.8 Å². The van der Waals surface area contributed by atoms with Gasteiger partial charge in [0, 0.05) is 29.2 Å². The third-order valence-electron chi connectivity index (χ3n) is 4.97. The molecular weight excluding hydrogens is 392 g/mol. The number of aromatic hydroxyl groups is 1. The minimum Gasteiger partial charge on any atom is -0.506 e. The molecule has 5 nitrogen and oxygen atoms in total. The molecule has 3 aromatic rings. The minimum atomic E-state index is -0.191. The Morgan fingerprint density at radius 1 is 1.18 bits per heavy atom. The highest BCUT2D eigenvalue weighted by molar-refractivity contribution is 7.80. The van der Waals surface area contributed by atoms with E-state index in [4.69, 9.17) is 23.8 Å². The van der Waals surface area contributed by atoms with Crippen LogP contribution in [0.2, 0.25) is 5.02 Å². The molecule has 2 N–H and O–H groups in total. The van der Waals surface area contributed by atoms with Crippen molar-refractivity contribution in [1.29, 1.82) is 0 Å². The van der Waals surface area contributed by atoms with Gasteiger partial charge >= 0.3 is 0 Å². The first-order valence-corrected chi connectivity index (χ1v) is 9.92. The van der Waals surface area contributed by atoms with Crippen LogP contribution in [0.3, 0.4) is 0 Å². The van der Waals surface area contributed by atoms with Crippen molar-refractivity contribution in [3.8, 4) is 5.75 Å². The Balaban J connectivity index is 1.90. The normalized spacial score (nSPS) is 19.3. The van der Waals surface area contributed by atoms with Crippen molar-refractivity contribution in [3.63, 3.8) is 0 Å². The first-order valence-electron chi connectivity index (χ1n) is 9.13. The fourth-order valence-corrected chi connectivity index (χ4v) is 4.24. The molecule has 4 rings (SSSR count). The molecule has 0 radical (unpaired) electrons. The van der Waals surface area contributed by atoms with Crippen LogP contribution in [0.1, 0.15) is 43.4 Å².